The average molecular weight is 483 g/mol. The lowest BCUT2D eigenvalue weighted by molar-refractivity contribution is -0.116. The lowest BCUT2D eigenvalue weighted by Gasteiger charge is -2.24. The van der Waals surface area contributed by atoms with Crippen LogP contribution in [-0.4, -0.2) is 27.3 Å². The number of nitrogens with zero attached hydrogens (tertiary/aromatic N) is 3. The summed E-state index contributed by atoms with van der Waals surface area (Å²) in [5, 5.41) is 8.51. The van der Waals surface area contributed by atoms with E-state index in [1.54, 1.807) is 4.68 Å². The van der Waals surface area contributed by atoms with Crippen LogP contribution in [0.2, 0.25) is 0 Å². The van der Waals surface area contributed by atoms with E-state index in [2.05, 4.69) is 27.3 Å². The van der Waals surface area contributed by atoms with Crippen molar-refractivity contribution in [2.45, 2.75) is 26.2 Å². The smallest absolute Gasteiger partial charge is 0.226 e. The number of nitrogens with one attached hydrogen (secondary N) is 1. The number of aromatic nitrogens is 3. The van der Waals surface area contributed by atoms with E-state index in [1.807, 2.05) is 50.2 Å². The van der Waals surface area contributed by atoms with Crippen molar-refractivity contribution in [3.8, 4) is 10.9 Å². The summed E-state index contributed by atoms with van der Waals surface area (Å²) in [5.41, 5.74) is 3.89. The lowest BCUT2D eigenvalue weighted by Crippen LogP contribution is -2.25. The first-order valence-electron chi connectivity index (χ1n) is 9.72. The van der Waals surface area contributed by atoms with E-state index in [0.29, 0.717) is 18.8 Å². The Labute approximate surface area is 186 Å². The maximum atomic E-state index is 12.6. The van der Waals surface area contributed by atoms with E-state index in [4.69, 9.17) is 14.8 Å². The molecule has 0 spiro atoms. The molecule has 1 atom stereocenters. The van der Waals surface area contributed by atoms with Crippen LogP contribution in [0.15, 0.2) is 46.9 Å². The number of benzene rings is 2. The van der Waals surface area contributed by atoms with Gasteiger partial charge in [0.1, 0.15) is 11.6 Å². The summed E-state index contributed by atoms with van der Waals surface area (Å²) in [4.78, 5) is 17.4. The molecule has 0 fully saturated rings. The van der Waals surface area contributed by atoms with Gasteiger partial charge in [0.25, 0.3) is 0 Å². The van der Waals surface area contributed by atoms with Gasteiger partial charge < -0.3 is 10.1 Å². The Morgan fingerprint density at radius 3 is 2.93 bits per heavy atom. The highest BCUT2D eigenvalue weighted by Crippen LogP contribution is 2.43. The van der Waals surface area contributed by atoms with Gasteiger partial charge in [-0.15, -0.1) is 0 Å². The molecule has 2 aromatic heterocycles. The molecule has 1 aliphatic heterocycles. The van der Waals surface area contributed by atoms with Gasteiger partial charge in [0.2, 0.25) is 11.0 Å². The summed E-state index contributed by atoms with van der Waals surface area (Å²) >= 11 is 5.17. The molecule has 152 valence electrons. The topological polar surface area (TPSA) is 69.0 Å². The SMILES string of the molecule is CCOc1ccc2nc(-n3nc(C)c4c3NC(=O)C[C@H]4c3ccccc3Br)sc2c1. The second kappa shape index (κ2) is 7.52. The fourth-order valence-electron chi connectivity index (χ4n) is 3.95. The van der Waals surface area contributed by atoms with Crippen LogP contribution >= 0.6 is 27.3 Å². The molecule has 8 heteroatoms. The van der Waals surface area contributed by atoms with Crippen molar-refractivity contribution in [2.75, 3.05) is 11.9 Å². The van der Waals surface area contributed by atoms with Gasteiger partial charge in [0.15, 0.2) is 0 Å². The molecule has 0 saturated heterocycles. The molecule has 1 N–H and O–H groups in total. The molecule has 5 rings (SSSR count). The van der Waals surface area contributed by atoms with Crippen molar-refractivity contribution in [3.05, 3.63) is 63.8 Å². The zero-order valence-electron chi connectivity index (χ0n) is 16.5. The number of thiazole rings is 1. The number of carbonyl (C=O) groups excluding carboxylic acids is 1. The summed E-state index contributed by atoms with van der Waals surface area (Å²) in [5.74, 6) is 1.44. The molecule has 1 amide bonds. The van der Waals surface area contributed by atoms with Crippen LogP contribution in [0.25, 0.3) is 15.3 Å². The minimum atomic E-state index is -0.0583. The maximum absolute atomic E-state index is 12.6. The molecule has 0 radical (unpaired) electrons. The number of hydrogen-bond acceptors (Lipinski definition) is 5. The average Bonchev–Trinajstić information content (AvgIpc) is 3.28. The Kier molecular flexibility index (Phi) is 4.83. The van der Waals surface area contributed by atoms with Crippen LogP contribution in [0.4, 0.5) is 5.82 Å². The third kappa shape index (κ3) is 3.20. The zero-order valence-corrected chi connectivity index (χ0v) is 18.9. The van der Waals surface area contributed by atoms with Crippen molar-refractivity contribution >= 4 is 49.2 Å². The number of carbonyl (C=O) groups is 1. The minimum Gasteiger partial charge on any atom is -0.494 e. The van der Waals surface area contributed by atoms with E-state index >= 15 is 0 Å². The molecule has 0 saturated carbocycles. The number of hydrogen-bond donors (Lipinski definition) is 1. The molecular formula is C22H19BrN4O2S. The summed E-state index contributed by atoms with van der Waals surface area (Å²) in [6.07, 6.45) is 0.389. The van der Waals surface area contributed by atoms with Crippen molar-refractivity contribution in [3.63, 3.8) is 0 Å². The van der Waals surface area contributed by atoms with Crippen LogP contribution in [0.5, 0.6) is 5.75 Å². The standard InChI is InChI=1S/C22H19BrN4O2S/c1-3-29-13-8-9-17-18(10-13)30-22(24-17)27-21-20(12(2)26-27)15(11-19(28)25-21)14-6-4-5-7-16(14)23/h4-10,15H,3,11H2,1-2H3,(H,25,28)/t15-/m0/s1. The highest BCUT2D eigenvalue weighted by atomic mass is 79.9. The third-order valence-electron chi connectivity index (χ3n) is 5.22. The number of rotatable bonds is 4. The predicted octanol–water partition coefficient (Wildman–Crippen LogP) is 5.43. The fourth-order valence-corrected chi connectivity index (χ4v) is 5.46. The minimum absolute atomic E-state index is 0.0239. The summed E-state index contributed by atoms with van der Waals surface area (Å²) in [7, 11) is 0. The molecule has 1 aliphatic rings. The summed E-state index contributed by atoms with van der Waals surface area (Å²) < 4.78 is 9.38. The van der Waals surface area contributed by atoms with Crippen molar-refractivity contribution in [1.82, 2.24) is 14.8 Å². The first-order chi connectivity index (χ1) is 14.5. The van der Waals surface area contributed by atoms with E-state index in [-0.39, 0.29) is 11.8 Å². The normalized spacial score (nSPS) is 15.8. The van der Waals surface area contributed by atoms with E-state index in [9.17, 15) is 4.79 Å². The molecule has 6 nitrogen and oxygen atoms in total. The van der Waals surface area contributed by atoms with Crippen molar-refractivity contribution in [2.24, 2.45) is 0 Å². The van der Waals surface area contributed by atoms with E-state index in [0.717, 1.165) is 42.4 Å². The van der Waals surface area contributed by atoms with Crippen molar-refractivity contribution < 1.29 is 9.53 Å². The van der Waals surface area contributed by atoms with Crippen LogP contribution in [0.3, 0.4) is 0 Å². The molecule has 0 unspecified atom stereocenters. The summed E-state index contributed by atoms with van der Waals surface area (Å²) in [6, 6.07) is 13.9. The van der Waals surface area contributed by atoms with E-state index < -0.39 is 0 Å². The second-order valence-corrected chi connectivity index (χ2v) is 9.01. The molecule has 30 heavy (non-hydrogen) atoms. The number of halogens is 1. The van der Waals surface area contributed by atoms with Crippen LogP contribution in [0.1, 0.15) is 36.1 Å². The quantitative estimate of drug-likeness (QED) is 0.421. The monoisotopic (exact) mass is 482 g/mol. The highest BCUT2D eigenvalue weighted by molar-refractivity contribution is 9.10. The van der Waals surface area contributed by atoms with Gasteiger partial charge in [0.05, 0.1) is 22.5 Å². The maximum Gasteiger partial charge on any atom is 0.226 e. The van der Waals surface area contributed by atoms with Crippen molar-refractivity contribution in [1.29, 1.82) is 0 Å². The largest absolute Gasteiger partial charge is 0.494 e. The van der Waals surface area contributed by atoms with Crippen LogP contribution in [0, 0.1) is 6.92 Å². The molecular weight excluding hydrogens is 464 g/mol. The third-order valence-corrected chi connectivity index (χ3v) is 6.94. The number of amides is 1. The molecule has 2 aromatic carbocycles. The number of fused-ring (bicyclic) bond motifs is 2. The van der Waals surface area contributed by atoms with Crippen LogP contribution in [-0.2, 0) is 4.79 Å². The van der Waals surface area contributed by atoms with Crippen LogP contribution < -0.4 is 10.1 Å². The molecule has 3 heterocycles. The highest BCUT2D eigenvalue weighted by Gasteiger charge is 2.34. The lowest BCUT2D eigenvalue weighted by atomic mass is 9.86. The van der Waals surface area contributed by atoms with Gasteiger partial charge in [-0.2, -0.15) is 9.78 Å². The molecule has 0 aliphatic carbocycles. The Morgan fingerprint density at radius 2 is 2.13 bits per heavy atom. The van der Waals surface area contributed by atoms with Gasteiger partial charge >= 0.3 is 0 Å². The van der Waals surface area contributed by atoms with Gasteiger partial charge in [-0.05, 0) is 43.7 Å². The fraction of sp³-hybridized carbons (Fsp3) is 0.227. The predicted molar refractivity (Wildman–Crippen MR) is 122 cm³/mol. The van der Waals surface area contributed by atoms with E-state index in [1.165, 1.54) is 11.3 Å². The zero-order chi connectivity index (χ0) is 20.8. The Bertz CT molecular complexity index is 1280. The number of aryl methyl sites for hydroxylation is 1. The Morgan fingerprint density at radius 1 is 1.30 bits per heavy atom. The van der Waals surface area contributed by atoms with Gasteiger partial charge in [-0.1, -0.05) is 45.5 Å². The first kappa shape index (κ1) is 19.3. The van der Waals surface area contributed by atoms with Gasteiger partial charge in [-0.3, -0.25) is 4.79 Å². The molecule has 4 aromatic rings. The van der Waals surface area contributed by atoms with Gasteiger partial charge in [0, 0.05) is 22.4 Å². The summed E-state index contributed by atoms with van der Waals surface area (Å²) in [6.45, 7) is 4.56. The Hall–Kier alpha value is -2.71. The number of ether oxygens (including phenoxy) is 1. The molecule has 0 bridgehead atoms. The first-order valence-corrected chi connectivity index (χ1v) is 11.3. The van der Waals surface area contributed by atoms with Gasteiger partial charge in [-0.25, -0.2) is 4.98 Å². The number of anilines is 1. The second-order valence-electron chi connectivity index (χ2n) is 7.14. The Balaban J connectivity index is 1.64.